The fraction of sp³-hybridized carbons (Fsp3) is 0.500. The molecule has 0 amide bonds. The highest BCUT2D eigenvalue weighted by molar-refractivity contribution is 6.31. The molecule has 0 atom stereocenters. The summed E-state index contributed by atoms with van der Waals surface area (Å²) in [4.78, 5) is 2.34. The first kappa shape index (κ1) is 12.3. The Balaban J connectivity index is 2.66. The van der Waals surface area contributed by atoms with Crippen molar-refractivity contribution >= 4 is 11.6 Å². The van der Waals surface area contributed by atoms with Crippen LogP contribution in [0.4, 0.5) is 0 Å². The maximum absolute atomic E-state index is 9.47. The van der Waals surface area contributed by atoms with Crippen molar-refractivity contribution in [2.45, 2.75) is 26.8 Å². The van der Waals surface area contributed by atoms with Crippen LogP contribution < -0.4 is 0 Å². The van der Waals surface area contributed by atoms with Crippen LogP contribution in [-0.4, -0.2) is 23.1 Å². The maximum atomic E-state index is 9.47. The summed E-state index contributed by atoms with van der Waals surface area (Å²) in [6, 6.07) is 5.44. The standard InChI is InChI=1S/C12H18ClNO/c1-3-7-14(4-2)9-10-5-6-11(13)12(15)8-10/h5-6,8,15H,3-4,7,9H2,1-2H3. The van der Waals surface area contributed by atoms with Gasteiger partial charge in [0.05, 0.1) is 5.02 Å². The molecule has 0 radical (unpaired) electrons. The zero-order valence-electron chi connectivity index (χ0n) is 9.33. The highest BCUT2D eigenvalue weighted by Crippen LogP contribution is 2.24. The SMILES string of the molecule is CCCN(CC)Cc1ccc(Cl)c(O)c1. The smallest absolute Gasteiger partial charge is 0.134 e. The van der Waals surface area contributed by atoms with Crippen molar-refractivity contribution < 1.29 is 5.11 Å². The molecule has 0 aliphatic heterocycles. The molecule has 84 valence electrons. The van der Waals surface area contributed by atoms with Gasteiger partial charge in [0.1, 0.15) is 5.75 Å². The summed E-state index contributed by atoms with van der Waals surface area (Å²) in [6.45, 7) is 7.29. The predicted molar refractivity (Wildman–Crippen MR) is 64.4 cm³/mol. The topological polar surface area (TPSA) is 23.5 Å². The molecule has 0 saturated heterocycles. The number of phenolic OH excluding ortho intramolecular Hbond substituents is 1. The first-order chi connectivity index (χ1) is 7.17. The molecule has 0 unspecified atom stereocenters. The lowest BCUT2D eigenvalue weighted by Crippen LogP contribution is -2.23. The van der Waals surface area contributed by atoms with Gasteiger partial charge in [0.25, 0.3) is 0 Å². The maximum Gasteiger partial charge on any atom is 0.134 e. The predicted octanol–water partition coefficient (Wildman–Crippen LogP) is 3.28. The van der Waals surface area contributed by atoms with E-state index in [-0.39, 0.29) is 5.75 Å². The minimum absolute atomic E-state index is 0.168. The van der Waals surface area contributed by atoms with Crippen molar-refractivity contribution in [1.29, 1.82) is 0 Å². The Morgan fingerprint density at radius 1 is 1.33 bits per heavy atom. The molecule has 1 N–H and O–H groups in total. The Hall–Kier alpha value is -0.730. The third-order valence-electron chi connectivity index (χ3n) is 2.40. The molecule has 0 heterocycles. The monoisotopic (exact) mass is 227 g/mol. The first-order valence-electron chi connectivity index (χ1n) is 5.37. The zero-order chi connectivity index (χ0) is 11.3. The summed E-state index contributed by atoms with van der Waals surface area (Å²) >= 11 is 5.75. The fourth-order valence-corrected chi connectivity index (χ4v) is 1.70. The summed E-state index contributed by atoms with van der Waals surface area (Å²) in [6.07, 6.45) is 1.15. The van der Waals surface area contributed by atoms with E-state index in [4.69, 9.17) is 11.6 Å². The lowest BCUT2D eigenvalue weighted by atomic mass is 10.2. The average molecular weight is 228 g/mol. The van der Waals surface area contributed by atoms with Crippen molar-refractivity contribution in [3.63, 3.8) is 0 Å². The van der Waals surface area contributed by atoms with Gasteiger partial charge in [-0.3, -0.25) is 4.90 Å². The lowest BCUT2D eigenvalue weighted by molar-refractivity contribution is 0.280. The molecule has 1 rings (SSSR count). The van der Waals surface area contributed by atoms with E-state index in [1.165, 1.54) is 0 Å². The van der Waals surface area contributed by atoms with Crippen molar-refractivity contribution in [2.24, 2.45) is 0 Å². The molecule has 2 nitrogen and oxygen atoms in total. The van der Waals surface area contributed by atoms with Gasteiger partial charge in [0.2, 0.25) is 0 Å². The number of hydrogen-bond donors (Lipinski definition) is 1. The minimum Gasteiger partial charge on any atom is -0.506 e. The second-order valence-electron chi connectivity index (χ2n) is 3.65. The van der Waals surface area contributed by atoms with Gasteiger partial charge >= 0.3 is 0 Å². The Bertz CT molecular complexity index is 314. The molecule has 1 aromatic carbocycles. The Labute approximate surface area is 96.5 Å². The molecule has 3 heteroatoms. The van der Waals surface area contributed by atoms with Crippen LogP contribution in [0.25, 0.3) is 0 Å². The third kappa shape index (κ3) is 3.73. The van der Waals surface area contributed by atoms with Crippen LogP contribution in [0.15, 0.2) is 18.2 Å². The largest absolute Gasteiger partial charge is 0.506 e. The molecule has 0 aromatic heterocycles. The van der Waals surface area contributed by atoms with Crippen molar-refractivity contribution in [3.8, 4) is 5.75 Å². The Morgan fingerprint density at radius 3 is 2.60 bits per heavy atom. The van der Waals surface area contributed by atoms with Crippen LogP contribution in [0, 0.1) is 0 Å². The molecule has 0 fully saturated rings. The fourth-order valence-electron chi connectivity index (χ4n) is 1.58. The van der Waals surface area contributed by atoms with Gasteiger partial charge < -0.3 is 5.11 Å². The molecule has 1 aromatic rings. The lowest BCUT2D eigenvalue weighted by Gasteiger charge is -2.19. The van der Waals surface area contributed by atoms with Crippen molar-refractivity contribution in [2.75, 3.05) is 13.1 Å². The van der Waals surface area contributed by atoms with Crippen LogP contribution >= 0.6 is 11.6 Å². The number of aromatic hydroxyl groups is 1. The van der Waals surface area contributed by atoms with E-state index in [2.05, 4.69) is 18.7 Å². The van der Waals surface area contributed by atoms with Crippen LogP contribution in [0.3, 0.4) is 0 Å². The van der Waals surface area contributed by atoms with Gasteiger partial charge in [-0.05, 0) is 37.2 Å². The van der Waals surface area contributed by atoms with Gasteiger partial charge in [-0.1, -0.05) is 31.5 Å². The van der Waals surface area contributed by atoms with E-state index < -0.39 is 0 Å². The van der Waals surface area contributed by atoms with Gasteiger partial charge in [0, 0.05) is 6.54 Å². The number of nitrogens with zero attached hydrogens (tertiary/aromatic N) is 1. The molecule has 0 spiro atoms. The van der Waals surface area contributed by atoms with E-state index in [9.17, 15) is 5.11 Å². The second-order valence-corrected chi connectivity index (χ2v) is 4.06. The quantitative estimate of drug-likeness (QED) is 0.835. The minimum atomic E-state index is 0.168. The third-order valence-corrected chi connectivity index (χ3v) is 2.72. The number of rotatable bonds is 5. The zero-order valence-corrected chi connectivity index (χ0v) is 10.1. The van der Waals surface area contributed by atoms with E-state index >= 15 is 0 Å². The van der Waals surface area contributed by atoms with Gasteiger partial charge in [-0.2, -0.15) is 0 Å². The van der Waals surface area contributed by atoms with Crippen LogP contribution in [0.5, 0.6) is 5.75 Å². The number of hydrogen-bond acceptors (Lipinski definition) is 2. The second kappa shape index (κ2) is 5.99. The van der Waals surface area contributed by atoms with E-state index in [1.807, 2.05) is 6.07 Å². The van der Waals surface area contributed by atoms with Gasteiger partial charge in [-0.25, -0.2) is 0 Å². The molecular formula is C12H18ClNO. The van der Waals surface area contributed by atoms with Crippen molar-refractivity contribution in [3.05, 3.63) is 28.8 Å². The molecule has 0 bridgehead atoms. The van der Waals surface area contributed by atoms with E-state index in [0.29, 0.717) is 5.02 Å². The molecule has 0 saturated carbocycles. The van der Waals surface area contributed by atoms with Crippen LogP contribution in [0.1, 0.15) is 25.8 Å². The molecule has 0 aliphatic rings. The number of halogens is 1. The highest BCUT2D eigenvalue weighted by Gasteiger charge is 2.04. The normalized spacial score (nSPS) is 10.9. The van der Waals surface area contributed by atoms with Gasteiger partial charge in [-0.15, -0.1) is 0 Å². The summed E-state index contributed by atoms with van der Waals surface area (Å²) in [7, 11) is 0. The highest BCUT2D eigenvalue weighted by atomic mass is 35.5. The van der Waals surface area contributed by atoms with Crippen LogP contribution in [0.2, 0.25) is 5.02 Å². The summed E-state index contributed by atoms with van der Waals surface area (Å²) in [5.41, 5.74) is 1.10. The van der Waals surface area contributed by atoms with Crippen LogP contribution in [-0.2, 0) is 6.54 Å². The summed E-state index contributed by atoms with van der Waals surface area (Å²) in [5, 5.41) is 9.88. The molecular weight excluding hydrogens is 210 g/mol. The first-order valence-corrected chi connectivity index (χ1v) is 5.75. The molecule has 15 heavy (non-hydrogen) atoms. The average Bonchev–Trinajstić information content (AvgIpc) is 2.23. The number of phenols is 1. The van der Waals surface area contributed by atoms with E-state index in [1.54, 1.807) is 12.1 Å². The molecule has 0 aliphatic carbocycles. The van der Waals surface area contributed by atoms with Gasteiger partial charge in [0.15, 0.2) is 0 Å². The Morgan fingerprint density at radius 2 is 2.07 bits per heavy atom. The number of benzene rings is 1. The summed E-state index contributed by atoms with van der Waals surface area (Å²) in [5.74, 6) is 0.168. The Kier molecular flexibility index (Phi) is 4.92. The van der Waals surface area contributed by atoms with E-state index in [0.717, 1.165) is 31.6 Å². The van der Waals surface area contributed by atoms with Crippen molar-refractivity contribution in [1.82, 2.24) is 4.90 Å². The summed E-state index contributed by atoms with van der Waals surface area (Å²) < 4.78 is 0.